The molecule has 0 N–H and O–H groups in total. The van der Waals surface area contributed by atoms with Crippen LogP contribution in [0.3, 0.4) is 0 Å². The lowest BCUT2D eigenvalue weighted by molar-refractivity contribution is -0.125. The van der Waals surface area contributed by atoms with Crippen molar-refractivity contribution in [3.8, 4) is 0 Å². The number of allylic oxidation sites excluding steroid dienone is 1. The third kappa shape index (κ3) is 3.19. The van der Waals surface area contributed by atoms with E-state index >= 15 is 0 Å². The van der Waals surface area contributed by atoms with Crippen LogP contribution in [0.15, 0.2) is 42.5 Å². The highest BCUT2D eigenvalue weighted by molar-refractivity contribution is 5.87. The van der Waals surface area contributed by atoms with Gasteiger partial charge in [-0.25, -0.2) is 0 Å². The summed E-state index contributed by atoms with van der Waals surface area (Å²) in [5.41, 5.74) is 1.37. The molecule has 1 amide bonds. The smallest absolute Gasteiger partial charge is 0.246 e. The van der Waals surface area contributed by atoms with Crippen molar-refractivity contribution < 1.29 is 4.79 Å². The molecule has 1 aliphatic heterocycles. The molecule has 1 atom stereocenters. The van der Waals surface area contributed by atoms with Crippen LogP contribution >= 0.6 is 0 Å². The molecule has 90 valence electrons. The summed E-state index contributed by atoms with van der Waals surface area (Å²) in [5, 5.41) is 0. The lowest BCUT2D eigenvalue weighted by atomic mass is 9.99. The van der Waals surface area contributed by atoms with E-state index in [1.807, 2.05) is 24.0 Å². The van der Waals surface area contributed by atoms with Crippen LogP contribution in [0.2, 0.25) is 0 Å². The fourth-order valence-corrected chi connectivity index (χ4v) is 2.39. The van der Waals surface area contributed by atoms with Crippen molar-refractivity contribution in [3.63, 3.8) is 0 Å². The van der Waals surface area contributed by atoms with Crippen molar-refractivity contribution in [2.45, 2.75) is 19.8 Å². The van der Waals surface area contributed by atoms with Crippen LogP contribution in [0, 0.1) is 5.92 Å². The summed E-state index contributed by atoms with van der Waals surface area (Å²) in [4.78, 5) is 13.6. The number of rotatable bonds is 3. The molecular weight excluding hydrogens is 210 g/mol. The molecule has 0 radical (unpaired) electrons. The van der Waals surface area contributed by atoms with E-state index in [1.165, 1.54) is 5.56 Å². The second kappa shape index (κ2) is 5.67. The van der Waals surface area contributed by atoms with Crippen molar-refractivity contribution in [1.29, 1.82) is 0 Å². The van der Waals surface area contributed by atoms with Crippen LogP contribution < -0.4 is 0 Å². The highest BCUT2D eigenvalue weighted by atomic mass is 16.2. The minimum atomic E-state index is 0.156. The monoisotopic (exact) mass is 229 g/mol. The minimum Gasteiger partial charge on any atom is -0.339 e. The van der Waals surface area contributed by atoms with E-state index in [2.05, 4.69) is 24.3 Å². The number of carbonyl (C=O) groups is 1. The average molecular weight is 229 g/mol. The molecule has 1 aliphatic rings. The molecule has 0 bridgehead atoms. The van der Waals surface area contributed by atoms with Crippen molar-refractivity contribution in [2.75, 3.05) is 13.1 Å². The fourth-order valence-electron chi connectivity index (χ4n) is 2.39. The Hall–Kier alpha value is -1.57. The first-order valence-corrected chi connectivity index (χ1v) is 6.25. The van der Waals surface area contributed by atoms with Gasteiger partial charge in [0.05, 0.1) is 0 Å². The Kier molecular flexibility index (Phi) is 3.97. The Morgan fingerprint density at radius 1 is 1.41 bits per heavy atom. The van der Waals surface area contributed by atoms with Gasteiger partial charge in [-0.15, -0.1) is 0 Å². The predicted octanol–water partition coefficient (Wildman–Crippen LogP) is 2.65. The van der Waals surface area contributed by atoms with Gasteiger partial charge in [-0.05, 0) is 37.3 Å². The van der Waals surface area contributed by atoms with Gasteiger partial charge in [-0.2, -0.15) is 0 Å². The summed E-state index contributed by atoms with van der Waals surface area (Å²) < 4.78 is 0. The largest absolute Gasteiger partial charge is 0.339 e. The van der Waals surface area contributed by atoms with Crippen molar-refractivity contribution in [2.24, 2.45) is 5.92 Å². The van der Waals surface area contributed by atoms with E-state index in [-0.39, 0.29) is 5.91 Å². The molecule has 1 unspecified atom stereocenters. The van der Waals surface area contributed by atoms with E-state index in [1.54, 1.807) is 6.08 Å². The Morgan fingerprint density at radius 3 is 2.88 bits per heavy atom. The van der Waals surface area contributed by atoms with Gasteiger partial charge < -0.3 is 4.90 Å². The van der Waals surface area contributed by atoms with E-state index in [0.717, 1.165) is 25.9 Å². The van der Waals surface area contributed by atoms with Gasteiger partial charge >= 0.3 is 0 Å². The molecule has 2 nitrogen and oxygen atoms in total. The fraction of sp³-hybridized carbons (Fsp3) is 0.400. The van der Waals surface area contributed by atoms with Gasteiger partial charge in [0, 0.05) is 13.1 Å². The zero-order chi connectivity index (χ0) is 12.1. The molecule has 2 heteroatoms. The maximum Gasteiger partial charge on any atom is 0.246 e. The number of hydrogen-bond acceptors (Lipinski definition) is 1. The van der Waals surface area contributed by atoms with E-state index in [9.17, 15) is 4.79 Å². The van der Waals surface area contributed by atoms with Crippen LogP contribution in [0.25, 0.3) is 0 Å². The van der Waals surface area contributed by atoms with Gasteiger partial charge in [-0.3, -0.25) is 4.79 Å². The first-order chi connectivity index (χ1) is 8.29. The summed E-state index contributed by atoms with van der Waals surface area (Å²) in [5.74, 6) is 0.773. The number of carbonyl (C=O) groups excluding carboxylic acids is 1. The number of amides is 1. The second-order valence-corrected chi connectivity index (χ2v) is 4.63. The summed E-state index contributed by atoms with van der Waals surface area (Å²) in [6.07, 6.45) is 5.68. The number of nitrogens with zero attached hydrogens (tertiary/aromatic N) is 1. The molecule has 2 rings (SSSR count). The van der Waals surface area contributed by atoms with E-state index < -0.39 is 0 Å². The Bertz CT molecular complexity index is 397. The summed E-state index contributed by atoms with van der Waals surface area (Å²) in [7, 11) is 0. The first kappa shape index (κ1) is 11.9. The van der Waals surface area contributed by atoms with Crippen LogP contribution in [0.4, 0.5) is 0 Å². The van der Waals surface area contributed by atoms with Gasteiger partial charge in [-0.1, -0.05) is 36.4 Å². The van der Waals surface area contributed by atoms with Gasteiger partial charge in [0.25, 0.3) is 0 Å². The SMILES string of the molecule is C/C=C/C(=O)N1CCC(Cc2ccccc2)C1. The molecule has 1 heterocycles. The molecule has 0 saturated carbocycles. The summed E-state index contributed by atoms with van der Waals surface area (Å²) in [6.45, 7) is 3.69. The Labute approximate surface area is 103 Å². The van der Waals surface area contributed by atoms with E-state index in [4.69, 9.17) is 0 Å². The van der Waals surface area contributed by atoms with Crippen LogP contribution in [0.5, 0.6) is 0 Å². The van der Waals surface area contributed by atoms with Crippen molar-refractivity contribution in [1.82, 2.24) is 4.90 Å². The number of hydrogen-bond donors (Lipinski definition) is 0. The van der Waals surface area contributed by atoms with Crippen LogP contribution in [-0.4, -0.2) is 23.9 Å². The Balaban J connectivity index is 1.88. The zero-order valence-electron chi connectivity index (χ0n) is 10.3. The molecule has 0 spiro atoms. The summed E-state index contributed by atoms with van der Waals surface area (Å²) in [6, 6.07) is 10.5. The van der Waals surface area contributed by atoms with Gasteiger partial charge in [0.1, 0.15) is 0 Å². The normalized spacial score (nSPS) is 20.1. The average Bonchev–Trinajstić information content (AvgIpc) is 2.79. The molecule has 1 aromatic carbocycles. The lowest BCUT2D eigenvalue weighted by Crippen LogP contribution is -2.27. The molecule has 1 fully saturated rings. The third-order valence-electron chi connectivity index (χ3n) is 3.27. The quantitative estimate of drug-likeness (QED) is 0.730. The van der Waals surface area contributed by atoms with Crippen LogP contribution in [0.1, 0.15) is 18.9 Å². The first-order valence-electron chi connectivity index (χ1n) is 6.25. The predicted molar refractivity (Wildman–Crippen MR) is 69.6 cm³/mol. The highest BCUT2D eigenvalue weighted by Crippen LogP contribution is 2.20. The van der Waals surface area contributed by atoms with Gasteiger partial charge in [0.2, 0.25) is 5.91 Å². The standard InChI is InChI=1S/C15H19NO/c1-2-6-15(17)16-10-9-14(12-16)11-13-7-4-3-5-8-13/h2-8,14H,9-12H2,1H3/b6-2+. The van der Waals surface area contributed by atoms with Crippen molar-refractivity contribution >= 4 is 5.91 Å². The highest BCUT2D eigenvalue weighted by Gasteiger charge is 2.24. The minimum absolute atomic E-state index is 0.156. The Morgan fingerprint density at radius 2 is 2.18 bits per heavy atom. The third-order valence-corrected chi connectivity index (χ3v) is 3.27. The molecule has 1 aromatic rings. The maximum atomic E-state index is 11.7. The zero-order valence-corrected chi connectivity index (χ0v) is 10.3. The van der Waals surface area contributed by atoms with Crippen LogP contribution in [-0.2, 0) is 11.2 Å². The van der Waals surface area contributed by atoms with Crippen molar-refractivity contribution in [3.05, 3.63) is 48.0 Å². The van der Waals surface area contributed by atoms with Gasteiger partial charge in [0.15, 0.2) is 0 Å². The molecule has 0 aliphatic carbocycles. The number of benzene rings is 1. The summed E-state index contributed by atoms with van der Waals surface area (Å²) >= 11 is 0. The topological polar surface area (TPSA) is 20.3 Å². The number of likely N-dealkylation sites (tertiary alicyclic amines) is 1. The molecule has 1 saturated heterocycles. The molecule has 17 heavy (non-hydrogen) atoms. The maximum absolute atomic E-state index is 11.7. The van der Waals surface area contributed by atoms with E-state index in [0.29, 0.717) is 5.92 Å². The lowest BCUT2D eigenvalue weighted by Gasteiger charge is -2.14. The molecular formula is C15H19NO. The molecule has 0 aromatic heterocycles. The second-order valence-electron chi connectivity index (χ2n) is 4.63.